The van der Waals surface area contributed by atoms with E-state index in [9.17, 15) is 31.6 Å². The molecule has 0 atom stereocenters. The fraction of sp³-hybridized carbons (Fsp3) is 0.239. The quantitative estimate of drug-likeness (QED) is 0.100. The summed E-state index contributed by atoms with van der Waals surface area (Å²) < 4.78 is 165. The minimum atomic E-state index is -5.59. The maximum Gasteiger partial charge on any atom is 0 e. The van der Waals surface area contributed by atoms with Crippen LogP contribution in [-0.2, 0) is 20.1 Å². The van der Waals surface area contributed by atoms with Crippen molar-refractivity contribution in [2.45, 2.75) is 64.5 Å². The van der Waals surface area contributed by atoms with Crippen molar-refractivity contribution in [1.82, 2.24) is 9.97 Å². The first-order valence-corrected chi connectivity index (χ1v) is 19.5. The number of aromatic nitrogens is 2. The molecule has 0 spiro atoms. The van der Waals surface area contributed by atoms with Crippen molar-refractivity contribution in [3.05, 3.63) is 143 Å². The molecule has 1 saturated carbocycles. The Morgan fingerprint density at radius 1 is 0.789 bits per heavy atom. The van der Waals surface area contributed by atoms with Gasteiger partial charge in [0.15, 0.2) is 5.41 Å². The van der Waals surface area contributed by atoms with Gasteiger partial charge in [-0.05, 0) is 18.1 Å². The third-order valence-corrected chi connectivity index (χ3v) is 13.4. The molecule has 0 aliphatic heterocycles. The number of hydrogen-bond donors (Lipinski definition) is 0. The maximum absolute atomic E-state index is 13.8. The van der Waals surface area contributed by atoms with Gasteiger partial charge >= 0.3 is 233 Å². The normalized spacial score (nSPS) is 18.2. The SMILES string of the molecule is [2H]C([2H])([2H])c1ccc(-c2[c-]cccc2)nc1.[2H]C([2H])([2H])c1cnc(-c2[c-]ccc3c2[te]c2cc(C#N)ccc23)cc1-c1ccc(C2([2H])CCC(C(F)(F)F)(C(F)(F)F)CC2)cc1C([2H])([2H])[2H].[Ir]. The first-order valence-electron chi connectivity index (χ1n) is 22.2. The van der Waals surface area contributed by atoms with Crippen LogP contribution in [0.2, 0.25) is 0 Å². The van der Waals surface area contributed by atoms with Gasteiger partial charge in [0, 0.05) is 30.4 Å². The van der Waals surface area contributed by atoms with Crippen LogP contribution in [0.1, 0.15) is 73.1 Å². The number of aryl methyl sites for hydroxylation is 3. The number of hydrogen-bond acceptors (Lipinski definition) is 3. The number of pyridine rings is 2. The van der Waals surface area contributed by atoms with Gasteiger partial charge in [-0.2, -0.15) is 26.3 Å². The number of benzene rings is 4. The van der Waals surface area contributed by atoms with Gasteiger partial charge in [0.05, 0.1) is 0 Å². The average Bonchev–Trinajstić information content (AvgIpc) is 3.63. The monoisotopic (exact) mass is 1080 g/mol. The largest absolute Gasteiger partial charge is 0 e. The van der Waals surface area contributed by atoms with Crippen molar-refractivity contribution in [3.63, 3.8) is 0 Å². The summed E-state index contributed by atoms with van der Waals surface area (Å²) in [5, 5.41) is 11.3. The molecule has 7 aromatic rings. The van der Waals surface area contributed by atoms with Crippen LogP contribution in [0.4, 0.5) is 26.3 Å². The van der Waals surface area contributed by atoms with E-state index in [1.807, 2.05) is 36.4 Å². The predicted molar refractivity (Wildman–Crippen MR) is 209 cm³/mol. The van der Waals surface area contributed by atoms with Gasteiger partial charge in [0.1, 0.15) is 0 Å². The van der Waals surface area contributed by atoms with E-state index in [4.69, 9.17) is 13.7 Å². The van der Waals surface area contributed by atoms with E-state index >= 15 is 0 Å². The molecule has 4 aromatic carbocycles. The van der Waals surface area contributed by atoms with Crippen molar-refractivity contribution in [2.75, 3.05) is 0 Å². The molecule has 1 fully saturated rings. The second kappa shape index (κ2) is 16.9. The van der Waals surface area contributed by atoms with Crippen LogP contribution in [-0.4, -0.2) is 42.8 Å². The van der Waals surface area contributed by atoms with Gasteiger partial charge in [-0.15, -0.1) is 35.9 Å². The fourth-order valence-electron chi connectivity index (χ4n) is 6.92. The molecule has 1 aliphatic rings. The summed E-state index contributed by atoms with van der Waals surface area (Å²) in [4.78, 5) is 8.57. The van der Waals surface area contributed by atoms with Crippen LogP contribution in [0.3, 0.4) is 0 Å². The van der Waals surface area contributed by atoms with Crippen LogP contribution in [0.5, 0.6) is 0 Å². The molecule has 3 nitrogen and oxygen atoms in total. The van der Waals surface area contributed by atoms with Crippen LogP contribution in [0.25, 0.3) is 51.2 Å². The fourth-order valence-corrected chi connectivity index (χ4v) is 10.5. The Morgan fingerprint density at radius 3 is 2.21 bits per heavy atom. The predicted octanol–water partition coefficient (Wildman–Crippen LogP) is 12.7. The van der Waals surface area contributed by atoms with Crippen molar-refractivity contribution >= 4 is 38.0 Å². The first-order chi connectivity index (χ1) is 30.7. The molecule has 1 aliphatic carbocycles. The summed E-state index contributed by atoms with van der Waals surface area (Å²) in [6.07, 6.45) is -13.1. The van der Waals surface area contributed by atoms with Crippen LogP contribution in [0.15, 0.2) is 103 Å². The molecule has 0 saturated heterocycles. The molecular formula is C46H35F6IrN3Te-2. The van der Waals surface area contributed by atoms with Crippen molar-refractivity contribution in [3.8, 4) is 39.7 Å². The van der Waals surface area contributed by atoms with Crippen molar-refractivity contribution in [1.29, 1.82) is 5.26 Å². The smallest absolute Gasteiger partial charge is 0 e. The van der Waals surface area contributed by atoms with Crippen LogP contribution >= 0.6 is 0 Å². The van der Waals surface area contributed by atoms with E-state index < -0.39 is 95.9 Å². The molecule has 293 valence electrons. The Morgan fingerprint density at radius 2 is 1.56 bits per heavy atom. The summed E-state index contributed by atoms with van der Waals surface area (Å²) in [5.41, 5.74) is -1.53. The number of fused-ring (bicyclic) bond motifs is 3. The van der Waals surface area contributed by atoms with E-state index in [1.54, 1.807) is 30.3 Å². The number of rotatable bonds is 4. The zero-order valence-electron chi connectivity index (χ0n) is 39.5. The number of nitriles is 1. The molecule has 3 heterocycles. The molecule has 1 radical (unpaired) electrons. The molecule has 8 rings (SSSR count). The van der Waals surface area contributed by atoms with E-state index in [1.165, 1.54) is 24.4 Å². The molecule has 57 heavy (non-hydrogen) atoms. The van der Waals surface area contributed by atoms with Gasteiger partial charge in [-0.3, -0.25) is 0 Å². The Hall–Kier alpha value is -4.31. The minimum absolute atomic E-state index is 0. The van der Waals surface area contributed by atoms with E-state index in [2.05, 4.69) is 28.2 Å². The molecule has 0 N–H and O–H groups in total. The molecule has 0 unspecified atom stereocenters. The van der Waals surface area contributed by atoms with Gasteiger partial charge in [0.2, 0.25) is 0 Å². The van der Waals surface area contributed by atoms with Gasteiger partial charge in [-0.1, -0.05) is 12.1 Å². The second-order valence-corrected chi connectivity index (χ2v) is 16.3. The summed E-state index contributed by atoms with van der Waals surface area (Å²) in [6.45, 7) is -7.77. The standard InChI is InChI=1S/C34H25F6N2Te.C12H10N.Ir/c1-19-14-23(22-10-12-32(13-11-22,33(35,36)37)34(38,39)40)7-9-24(19)28-16-29(42-18-20(28)2)27-5-3-4-26-25-8-6-21(17-41)15-30(25)43-31(26)27;1-10-7-8-12(13-9-10)11-5-3-2-4-6-11;/h3-4,6-9,14-16,18,22H,10-13H2,1-2H3;2-5,7-9H,1H3;/q2*-1;/i1D3,2D3,22D;1D3;. The Balaban J connectivity index is 0.000000367. The summed E-state index contributed by atoms with van der Waals surface area (Å²) in [7, 11) is 0. The number of alkyl halides is 6. The Bertz CT molecular complexity index is 2940. The number of nitrogens with zero attached hydrogens (tertiary/aromatic N) is 3. The van der Waals surface area contributed by atoms with Crippen LogP contribution < -0.4 is 0 Å². The second-order valence-electron chi connectivity index (χ2n) is 13.3. The molecular weight excluding hydrogens is 1030 g/mol. The van der Waals surface area contributed by atoms with Gasteiger partial charge in [0.25, 0.3) is 0 Å². The van der Waals surface area contributed by atoms with Crippen LogP contribution in [0, 0.1) is 49.4 Å². The minimum Gasteiger partial charge on any atom is 0 e. The van der Waals surface area contributed by atoms with E-state index in [-0.39, 0.29) is 47.9 Å². The average molecular weight is 1070 g/mol. The first kappa shape index (κ1) is 30.7. The zero-order valence-corrected chi connectivity index (χ0v) is 34.2. The third kappa shape index (κ3) is 8.48. The maximum atomic E-state index is 13.8. The Kier molecular flexibility index (Phi) is 9.10. The van der Waals surface area contributed by atoms with Crippen molar-refractivity contribution < 1.29 is 60.2 Å². The third-order valence-electron chi connectivity index (χ3n) is 9.98. The molecule has 0 bridgehead atoms. The van der Waals surface area contributed by atoms with E-state index in [0.717, 1.165) is 41.1 Å². The summed E-state index contributed by atoms with van der Waals surface area (Å²) in [5.74, 6) is -1.96. The van der Waals surface area contributed by atoms with E-state index in [0.29, 0.717) is 16.8 Å². The summed E-state index contributed by atoms with van der Waals surface area (Å²) >= 11 is -1.04. The molecule has 11 heteroatoms. The molecule has 0 amide bonds. The zero-order chi connectivity index (χ0) is 48.3. The van der Waals surface area contributed by atoms with Crippen molar-refractivity contribution in [2.24, 2.45) is 5.41 Å². The van der Waals surface area contributed by atoms with Gasteiger partial charge < -0.3 is 4.98 Å². The van der Waals surface area contributed by atoms with Gasteiger partial charge in [-0.25, -0.2) is 0 Å². The number of halogens is 6. The molecule has 3 aromatic heterocycles. The summed E-state index contributed by atoms with van der Waals surface area (Å²) in [6, 6.07) is 33.2. The Labute approximate surface area is 364 Å². The topological polar surface area (TPSA) is 49.6 Å².